The molecule has 0 N–H and O–H groups in total. The van der Waals surface area contributed by atoms with Crippen molar-refractivity contribution in [3.63, 3.8) is 0 Å². The van der Waals surface area contributed by atoms with Gasteiger partial charge in [-0.1, -0.05) is 269 Å². The minimum absolute atomic E-state index is 0.108. The van der Waals surface area contributed by atoms with Crippen LogP contribution in [0, 0.1) is 0 Å². The van der Waals surface area contributed by atoms with Crippen molar-refractivity contribution in [2.75, 3.05) is 13.2 Å². The fourth-order valence-electron chi connectivity index (χ4n) is 7.97. The lowest BCUT2D eigenvalue weighted by molar-refractivity contribution is -0.166. The van der Waals surface area contributed by atoms with Gasteiger partial charge in [-0.25, -0.2) is 0 Å². The number of hydrogen-bond acceptors (Lipinski definition) is 6. The Morgan fingerprint density at radius 1 is 0.286 bits per heavy atom. The number of allylic oxidation sites excluding steroid dienone is 25. The largest absolute Gasteiger partial charge is 0.462 e. The summed E-state index contributed by atoms with van der Waals surface area (Å²) in [6.07, 6.45) is 92.8. The highest BCUT2D eigenvalue weighted by Gasteiger charge is 2.19. The van der Waals surface area contributed by atoms with Crippen LogP contribution < -0.4 is 0 Å². The number of carbonyl (C=O) groups is 3. The zero-order valence-corrected chi connectivity index (χ0v) is 49.4. The van der Waals surface area contributed by atoms with Crippen LogP contribution in [0.4, 0.5) is 0 Å². The van der Waals surface area contributed by atoms with Crippen molar-refractivity contribution in [3.05, 3.63) is 158 Å². The van der Waals surface area contributed by atoms with E-state index in [-0.39, 0.29) is 32.0 Å². The van der Waals surface area contributed by atoms with E-state index < -0.39 is 18.0 Å². The van der Waals surface area contributed by atoms with E-state index in [9.17, 15) is 14.4 Å². The molecule has 0 saturated heterocycles. The van der Waals surface area contributed by atoms with E-state index in [1.54, 1.807) is 6.08 Å². The molecular formula is C71H112O6. The number of carbonyl (C=O) groups excluding carboxylic acids is 3. The van der Waals surface area contributed by atoms with Crippen LogP contribution in [-0.2, 0) is 28.6 Å². The van der Waals surface area contributed by atoms with Gasteiger partial charge in [0.05, 0.1) is 6.42 Å². The number of esters is 3. The molecule has 0 aromatic carbocycles. The Hall–Kier alpha value is -4.97. The molecule has 6 heteroatoms. The Morgan fingerprint density at radius 3 is 0.948 bits per heavy atom. The summed E-state index contributed by atoms with van der Waals surface area (Å²) >= 11 is 0. The van der Waals surface area contributed by atoms with Crippen molar-refractivity contribution >= 4 is 17.9 Å². The summed E-state index contributed by atoms with van der Waals surface area (Å²) in [6, 6.07) is 0. The second kappa shape index (κ2) is 63.6. The van der Waals surface area contributed by atoms with Crippen molar-refractivity contribution in [2.24, 2.45) is 0 Å². The first-order valence-electron chi connectivity index (χ1n) is 31.0. The van der Waals surface area contributed by atoms with Crippen LogP contribution in [0.5, 0.6) is 0 Å². The summed E-state index contributed by atoms with van der Waals surface area (Å²) in [7, 11) is 0. The molecule has 0 heterocycles. The lowest BCUT2D eigenvalue weighted by Crippen LogP contribution is -2.30. The molecule has 0 aliphatic rings. The van der Waals surface area contributed by atoms with Gasteiger partial charge in [0.25, 0.3) is 0 Å². The molecule has 432 valence electrons. The maximum absolute atomic E-state index is 12.9. The molecule has 0 saturated carbocycles. The van der Waals surface area contributed by atoms with Gasteiger partial charge in [-0.05, 0) is 122 Å². The summed E-state index contributed by atoms with van der Waals surface area (Å²) < 4.78 is 16.7. The van der Waals surface area contributed by atoms with Crippen molar-refractivity contribution < 1.29 is 28.6 Å². The van der Waals surface area contributed by atoms with E-state index in [2.05, 4.69) is 167 Å². The first kappa shape index (κ1) is 72.0. The minimum Gasteiger partial charge on any atom is -0.462 e. The predicted octanol–water partition coefficient (Wildman–Crippen LogP) is 21.3. The summed E-state index contributed by atoms with van der Waals surface area (Å²) in [6.45, 7) is 6.26. The van der Waals surface area contributed by atoms with Gasteiger partial charge in [-0.15, -0.1) is 0 Å². The van der Waals surface area contributed by atoms with Gasteiger partial charge in [0.2, 0.25) is 0 Å². The highest BCUT2D eigenvalue weighted by atomic mass is 16.6. The fraction of sp³-hybridized carbons (Fsp3) is 0.592. The maximum atomic E-state index is 12.9. The van der Waals surface area contributed by atoms with Crippen LogP contribution >= 0.6 is 0 Å². The van der Waals surface area contributed by atoms with E-state index in [4.69, 9.17) is 14.2 Å². The average molecular weight is 1060 g/mol. The fourth-order valence-corrected chi connectivity index (χ4v) is 7.97. The smallest absolute Gasteiger partial charge is 0.309 e. The molecule has 0 amide bonds. The summed E-state index contributed by atoms with van der Waals surface area (Å²) in [5.74, 6) is -1.14. The third kappa shape index (κ3) is 61.8. The zero-order chi connectivity index (χ0) is 55.7. The highest BCUT2D eigenvalue weighted by Crippen LogP contribution is 2.14. The quantitative estimate of drug-likeness (QED) is 0.0261. The third-order valence-electron chi connectivity index (χ3n) is 12.5. The number of hydrogen-bond donors (Lipinski definition) is 0. The molecule has 0 aliphatic heterocycles. The maximum Gasteiger partial charge on any atom is 0.309 e. The Balaban J connectivity index is 4.47. The standard InChI is InChI=1S/C71H112O6/c1-4-7-10-13-16-19-22-25-28-30-31-32-33-34-35-36-37-38-39-41-43-46-49-52-55-58-61-64-70(73)76-67-68(66-75-69(72)63-60-57-54-51-48-45-42-27-24-21-18-15-12-9-6-3)77-71(74)65-62-59-56-53-50-47-44-40-29-26-23-20-17-14-11-8-5-2/h8-9,11-12,17-18,20-22,25-27,29-31,33-34,42,44,47-48,51,53,56-57,60,68H,4-7,10,13-16,19,23-24,28,32,35-41,43,45-46,49-50,52,54-55,58-59,61-67H2,1-3H3/b11-8-,12-9-,20-17-,21-18-,25-22-,29-26-,31-30-,34-33-,42-27-,47-44-,51-48-,56-53-,60-57-. The van der Waals surface area contributed by atoms with Gasteiger partial charge in [0.1, 0.15) is 13.2 Å². The lowest BCUT2D eigenvalue weighted by atomic mass is 10.0. The molecule has 0 aliphatic carbocycles. The second-order valence-corrected chi connectivity index (χ2v) is 19.9. The number of ether oxygens (including phenoxy) is 3. The van der Waals surface area contributed by atoms with E-state index >= 15 is 0 Å². The topological polar surface area (TPSA) is 78.9 Å². The van der Waals surface area contributed by atoms with E-state index in [0.29, 0.717) is 12.8 Å². The molecule has 0 aromatic rings. The van der Waals surface area contributed by atoms with Gasteiger partial charge in [-0.3, -0.25) is 14.4 Å². The molecule has 6 nitrogen and oxygen atoms in total. The molecule has 1 atom stereocenters. The molecule has 0 fully saturated rings. The van der Waals surface area contributed by atoms with E-state index in [1.807, 2.05) is 6.08 Å². The Bertz CT molecular complexity index is 1740. The van der Waals surface area contributed by atoms with Crippen molar-refractivity contribution in [1.82, 2.24) is 0 Å². The summed E-state index contributed by atoms with van der Waals surface area (Å²) in [5.41, 5.74) is 0. The van der Waals surface area contributed by atoms with Gasteiger partial charge in [0, 0.05) is 12.8 Å². The van der Waals surface area contributed by atoms with Crippen LogP contribution in [0.3, 0.4) is 0 Å². The Morgan fingerprint density at radius 2 is 0.571 bits per heavy atom. The van der Waals surface area contributed by atoms with Crippen LogP contribution in [0.1, 0.15) is 252 Å². The van der Waals surface area contributed by atoms with Gasteiger partial charge < -0.3 is 14.2 Å². The summed E-state index contributed by atoms with van der Waals surface area (Å²) in [5, 5.41) is 0. The Kier molecular flexibility index (Phi) is 59.5. The SMILES string of the molecule is CC/C=C\C/C=C\C/C=C\C/C=C\C/C=C\CCCC(=O)OC(COC(=O)C/C=C\C/C=C\C/C=C\C/C=C\C/C=C\CC)COC(=O)CCCCCCCCCCCCCC/C=C\C/C=C\C/C=C\CCCCCCC. The van der Waals surface area contributed by atoms with Gasteiger partial charge >= 0.3 is 17.9 Å². The normalized spacial score (nSPS) is 13.2. The van der Waals surface area contributed by atoms with Crippen molar-refractivity contribution in [1.29, 1.82) is 0 Å². The Labute approximate surface area is 473 Å². The molecule has 0 aromatic heterocycles. The van der Waals surface area contributed by atoms with Gasteiger partial charge in [-0.2, -0.15) is 0 Å². The summed E-state index contributed by atoms with van der Waals surface area (Å²) in [4.78, 5) is 38.2. The van der Waals surface area contributed by atoms with Crippen LogP contribution in [-0.4, -0.2) is 37.2 Å². The van der Waals surface area contributed by atoms with Crippen LogP contribution in [0.15, 0.2) is 158 Å². The zero-order valence-electron chi connectivity index (χ0n) is 49.4. The molecule has 0 rings (SSSR count). The first-order valence-corrected chi connectivity index (χ1v) is 31.0. The highest BCUT2D eigenvalue weighted by molar-refractivity contribution is 5.72. The lowest BCUT2D eigenvalue weighted by Gasteiger charge is -2.18. The second-order valence-electron chi connectivity index (χ2n) is 19.9. The molecular weight excluding hydrogens is 949 g/mol. The van der Waals surface area contributed by atoms with Crippen molar-refractivity contribution in [3.8, 4) is 0 Å². The molecule has 0 bridgehead atoms. The predicted molar refractivity (Wildman–Crippen MR) is 334 cm³/mol. The van der Waals surface area contributed by atoms with Crippen molar-refractivity contribution in [2.45, 2.75) is 258 Å². The minimum atomic E-state index is -0.857. The van der Waals surface area contributed by atoms with E-state index in [0.717, 1.165) is 103 Å². The van der Waals surface area contributed by atoms with Gasteiger partial charge in [0.15, 0.2) is 6.10 Å². The van der Waals surface area contributed by atoms with E-state index in [1.165, 1.54) is 103 Å². The average Bonchev–Trinajstić information content (AvgIpc) is 3.43. The molecule has 0 spiro atoms. The first-order chi connectivity index (χ1) is 38.0. The van der Waals surface area contributed by atoms with Crippen LogP contribution in [0.25, 0.3) is 0 Å². The van der Waals surface area contributed by atoms with Crippen LogP contribution in [0.2, 0.25) is 0 Å². The number of unbranched alkanes of at least 4 members (excludes halogenated alkanes) is 18. The monoisotopic (exact) mass is 1060 g/mol. The third-order valence-corrected chi connectivity index (χ3v) is 12.5. The number of rotatable bonds is 54. The molecule has 1 unspecified atom stereocenters. The molecule has 77 heavy (non-hydrogen) atoms. The molecule has 0 radical (unpaired) electrons.